The van der Waals surface area contributed by atoms with E-state index in [1.54, 1.807) is 0 Å². The number of urea groups is 1. The molecule has 1 unspecified atom stereocenters. The minimum absolute atomic E-state index is 0.0610. The molecule has 4 heteroatoms. The van der Waals surface area contributed by atoms with Crippen molar-refractivity contribution in [3.63, 3.8) is 0 Å². The van der Waals surface area contributed by atoms with Crippen molar-refractivity contribution >= 4 is 6.03 Å². The van der Waals surface area contributed by atoms with Crippen molar-refractivity contribution in [3.05, 3.63) is 0 Å². The van der Waals surface area contributed by atoms with E-state index in [0.717, 1.165) is 19.6 Å². The molecule has 2 amide bonds. The van der Waals surface area contributed by atoms with E-state index >= 15 is 0 Å². The van der Waals surface area contributed by atoms with Crippen molar-refractivity contribution in [2.75, 3.05) is 26.2 Å². The van der Waals surface area contributed by atoms with Gasteiger partial charge in [-0.2, -0.15) is 0 Å². The largest absolute Gasteiger partial charge is 0.338 e. The summed E-state index contributed by atoms with van der Waals surface area (Å²) in [6.07, 6.45) is 0. The molecule has 1 rings (SSSR count). The monoisotopic (exact) mass is 171 g/mol. The fourth-order valence-corrected chi connectivity index (χ4v) is 1.38. The number of hydrogen-bond donors (Lipinski definition) is 2. The predicted molar refractivity (Wildman–Crippen MR) is 48.1 cm³/mol. The summed E-state index contributed by atoms with van der Waals surface area (Å²) in [6.45, 7) is 7.26. The standard InChI is InChI=1S/C8H17N3O/c1-3-9-8(12)11-5-4-10-7(2)6-11/h7,10H,3-6H2,1-2H3,(H,9,12). The zero-order chi connectivity index (χ0) is 8.97. The average Bonchev–Trinajstić information content (AvgIpc) is 2.05. The highest BCUT2D eigenvalue weighted by Gasteiger charge is 2.19. The van der Waals surface area contributed by atoms with Gasteiger partial charge in [0, 0.05) is 32.2 Å². The van der Waals surface area contributed by atoms with Crippen molar-refractivity contribution in [1.82, 2.24) is 15.5 Å². The summed E-state index contributed by atoms with van der Waals surface area (Å²) in [5, 5.41) is 6.08. The number of rotatable bonds is 1. The normalized spacial score (nSPS) is 23.8. The van der Waals surface area contributed by atoms with Crippen LogP contribution in [0.3, 0.4) is 0 Å². The van der Waals surface area contributed by atoms with Crippen LogP contribution < -0.4 is 10.6 Å². The third-order valence-electron chi connectivity index (χ3n) is 1.98. The van der Waals surface area contributed by atoms with Crippen LogP contribution in [0.1, 0.15) is 13.8 Å². The fraction of sp³-hybridized carbons (Fsp3) is 0.875. The highest BCUT2D eigenvalue weighted by Crippen LogP contribution is 1.97. The van der Waals surface area contributed by atoms with Gasteiger partial charge in [-0.1, -0.05) is 0 Å². The molecule has 4 nitrogen and oxygen atoms in total. The lowest BCUT2D eigenvalue weighted by molar-refractivity contribution is 0.180. The highest BCUT2D eigenvalue weighted by molar-refractivity contribution is 5.74. The van der Waals surface area contributed by atoms with Crippen LogP contribution in [-0.4, -0.2) is 43.2 Å². The predicted octanol–water partition coefficient (Wildman–Crippen LogP) is 0.00960. The first-order valence-corrected chi connectivity index (χ1v) is 4.50. The number of piperazine rings is 1. The first-order valence-electron chi connectivity index (χ1n) is 4.50. The summed E-state index contributed by atoms with van der Waals surface area (Å²) in [5.41, 5.74) is 0. The zero-order valence-corrected chi connectivity index (χ0v) is 7.76. The van der Waals surface area contributed by atoms with Crippen molar-refractivity contribution in [1.29, 1.82) is 0 Å². The Hall–Kier alpha value is -0.770. The fourth-order valence-electron chi connectivity index (χ4n) is 1.38. The van der Waals surface area contributed by atoms with Gasteiger partial charge in [-0.15, -0.1) is 0 Å². The molecule has 1 atom stereocenters. The molecule has 2 N–H and O–H groups in total. The highest BCUT2D eigenvalue weighted by atomic mass is 16.2. The SMILES string of the molecule is CCNC(=O)N1CCNC(C)C1. The number of carbonyl (C=O) groups excluding carboxylic acids is 1. The Morgan fingerprint density at radius 3 is 3.08 bits per heavy atom. The number of amides is 2. The zero-order valence-electron chi connectivity index (χ0n) is 7.76. The second-order valence-corrected chi connectivity index (χ2v) is 3.14. The third kappa shape index (κ3) is 2.37. The van der Waals surface area contributed by atoms with Gasteiger partial charge in [-0.05, 0) is 13.8 Å². The topological polar surface area (TPSA) is 44.4 Å². The van der Waals surface area contributed by atoms with Gasteiger partial charge in [0.1, 0.15) is 0 Å². The molecule has 1 aliphatic heterocycles. The molecule has 1 heterocycles. The summed E-state index contributed by atoms with van der Waals surface area (Å²) in [4.78, 5) is 13.2. The summed E-state index contributed by atoms with van der Waals surface area (Å²) < 4.78 is 0. The van der Waals surface area contributed by atoms with Gasteiger partial charge in [0.05, 0.1) is 0 Å². The van der Waals surface area contributed by atoms with Gasteiger partial charge < -0.3 is 15.5 Å². The molecular weight excluding hydrogens is 154 g/mol. The Labute approximate surface area is 73.3 Å². The van der Waals surface area contributed by atoms with Gasteiger partial charge >= 0.3 is 6.03 Å². The molecule has 0 aromatic heterocycles. The number of carbonyl (C=O) groups is 1. The van der Waals surface area contributed by atoms with E-state index in [1.165, 1.54) is 0 Å². The average molecular weight is 171 g/mol. The van der Waals surface area contributed by atoms with Crippen LogP contribution in [0.15, 0.2) is 0 Å². The lowest BCUT2D eigenvalue weighted by Crippen LogP contribution is -2.54. The molecule has 0 aromatic carbocycles. The van der Waals surface area contributed by atoms with E-state index in [4.69, 9.17) is 0 Å². The van der Waals surface area contributed by atoms with Crippen molar-refractivity contribution in [2.24, 2.45) is 0 Å². The van der Waals surface area contributed by atoms with Crippen molar-refractivity contribution in [3.8, 4) is 0 Å². The summed E-state index contributed by atoms with van der Waals surface area (Å²) in [5.74, 6) is 0. The van der Waals surface area contributed by atoms with Crippen LogP contribution in [0, 0.1) is 0 Å². The van der Waals surface area contributed by atoms with Gasteiger partial charge in [0.25, 0.3) is 0 Å². The number of nitrogens with one attached hydrogen (secondary N) is 2. The van der Waals surface area contributed by atoms with Gasteiger partial charge in [0.15, 0.2) is 0 Å². The second kappa shape index (κ2) is 4.30. The van der Waals surface area contributed by atoms with Crippen molar-refractivity contribution < 1.29 is 4.79 Å². The number of hydrogen-bond acceptors (Lipinski definition) is 2. The molecule has 0 saturated carbocycles. The lowest BCUT2D eigenvalue weighted by Gasteiger charge is -2.31. The van der Waals surface area contributed by atoms with Crippen molar-refractivity contribution in [2.45, 2.75) is 19.9 Å². The van der Waals surface area contributed by atoms with Crippen LogP contribution in [0.2, 0.25) is 0 Å². The summed E-state index contributed by atoms with van der Waals surface area (Å²) >= 11 is 0. The lowest BCUT2D eigenvalue weighted by atomic mass is 10.2. The molecule has 1 fully saturated rings. The van der Waals surface area contributed by atoms with E-state index < -0.39 is 0 Å². The van der Waals surface area contributed by atoms with E-state index in [0.29, 0.717) is 12.6 Å². The molecule has 0 bridgehead atoms. The third-order valence-corrected chi connectivity index (χ3v) is 1.98. The molecule has 12 heavy (non-hydrogen) atoms. The Bertz CT molecular complexity index is 160. The smallest absolute Gasteiger partial charge is 0.317 e. The van der Waals surface area contributed by atoms with Gasteiger partial charge in [-0.3, -0.25) is 0 Å². The van der Waals surface area contributed by atoms with Crippen LogP contribution in [0.4, 0.5) is 4.79 Å². The maximum absolute atomic E-state index is 11.3. The molecule has 70 valence electrons. The van der Waals surface area contributed by atoms with E-state index in [-0.39, 0.29) is 6.03 Å². The Balaban J connectivity index is 2.35. The maximum Gasteiger partial charge on any atom is 0.317 e. The molecule has 0 spiro atoms. The number of nitrogens with zero attached hydrogens (tertiary/aromatic N) is 1. The van der Waals surface area contributed by atoms with Gasteiger partial charge in [-0.25, -0.2) is 4.79 Å². The molecule has 1 aliphatic rings. The molecule has 0 aliphatic carbocycles. The van der Waals surface area contributed by atoms with E-state index in [9.17, 15) is 4.79 Å². The van der Waals surface area contributed by atoms with Crippen LogP contribution in [-0.2, 0) is 0 Å². The molecular formula is C8H17N3O. The Morgan fingerprint density at radius 1 is 1.75 bits per heavy atom. The first-order chi connectivity index (χ1) is 5.74. The van der Waals surface area contributed by atoms with E-state index in [2.05, 4.69) is 17.6 Å². The molecule has 0 radical (unpaired) electrons. The second-order valence-electron chi connectivity index (χ2n) is 3.14. The first kappa shape index (κ1) is 9.32. The molecule has 1 saturated heterocycles. The summed E-state index contributed by atoms with van der Waals surface area (Å²) in [7, 11) is 0. The Kier molecular flexibility index (Phi) is 3.34. The molecule has 0 aromatic rings. The Morgan fingerprint density at radius 2 is 2.50 bits per heavy atom. The van der Waals surface area contributed by atoms with Crippen LogP contribution in [0.5, 0.6) is 0 Å². The maximum atomic E-state index is 11.3. The van der Waals surface area contributed by atoms with Gasteiger partial charge in [0.2, 0.25) is 0 Å². The summed E-state index contributed by atoms with van der Waals surface area (Å²) in [6, 6.07) is 0.479. The van der Waals surface area contributed by atoms with Crippen LogP contribution in [0.25, 0.3) is 0 Å². The van der Waals surface area contributed by atoms with Crippen LogP contribution >= 0.6 is 0 Å². The quantitative estimate of drug-likeness (QED) is 0.583. The minimum atomic E-state index is 0.0610. The minimum Gasteiger partial charge on any atom is -0.338 e. The van der Waals surface area contributed by atoms with E-state index in [1.807, 2.05) is 11.8 Å².